The Kier molecular flexibility index (Phi) is 7.70. The molecule has 0 bridgehead atoms. The first kappa shape index (κ1) is 17.1. The van der Waals surface area contributed by atoms with Gasteiger partial charge in [0.25, 0.3) is 0 Å². The van der Waals surface area contributed by atoms with Crippen molar-refractivity contribution in [1.82, 2.24) is 10.6 Å². The lowest BCUT2D eigenvalue weighted by atomic mass is 10.1. The third-order valence-corrected chi connectivity index (χ3v) is 4.55. The topological polar surface area (TPSA) is 41.1 Å². The number of rotatable bonds is 8. The first-order valence-corrected chi connectivity index (χ1v) is 8.28. The van der Waals surface area contributed by atoms with Crippen LogP contribution in [0.3, 0.4) is 0 Å². The van der Waals surface area contributed by atoms with Crippen molar-refractivity contribution in [3.63, 3.8) is 0 Å². The lowest BCUT2D eigenvalue weighted by molar-refractivity contribution is -0.119. The first-order chi connectivity index (χ1) is 9.60. The fourth-order valence-corrected chi connectivity index (χ4v) is 2.64. The van der Waals surface area contributed by atoms with E-state index in [9.17, 15) is 4.79 Å². The van der Waals surface area contributed by atoms with E-state index in [1.54, 1.807) is 11.8 Å². The summed E-state index contributed by atoms with van der Waals surface area (Å²) in [5.41, 5.74) is 1.26. The second-order valence-electron chi connectivity index (χ2n) is 4.95. The second-order valence-corrected chi connectivity index (χ2v) is 6.00. The number of hydrogen-bond donors (Lipinski definition) is 2. The van der Waals surface area contributed by atoms with Crippen LogP contribution in [0.2, 0.25) is 0 Å². The minimum atomic E-state index is 0.122. The summed E-state index contributed by atoms with van der Waals surface area (Å²) < 4.78 is 0. The van der Waals surface area contributed by atoms with Crippen molar-refractivity contribution < 1.29 is 4.79 Å². The lowest BCUT2D eigenvalue weighted by Gasteiger charge is -2.14. The van der Waals surface area contributed by atoms with E-state index < -0.39 is 0 Å². The Hall–Kier alpha value is -1.00. The number of nitrogens with one attached hydrogen (secondary N) is 2. The molecule has 4 heteroatoms. The molecule has 0 aliphatic heterocycles. The van der Waals surface area contributed by atoms with Crippen LogP contribution < -0.4 is 10.6 Å². The van der Waals surface area contributed by atoms with Crippen molar-refractivity contribution in [2.24, 2.45) is 0 Å². The Morgan fingerprint density at radius 2 is 1.80 bits per heavy atom. The number of benzene rings is 1. The molecule has 0 heterocycles. The zero-order chi connectivity index (χ0) is 15.0. The molecule has 0 saturated carbocycles. The van der Waals surface area contributed by atoms with Gasteiger partial charge in [-0.05, 0) is 44.5 Å². The summed E-state index contributed by atoms with van der Waals surface area (Å²) in [5, 5.41) is 6.27. The van der Waals surface area contributed by atoms with Crippen LogP contribution in [0.1, 0.15) is 45.2 Å². The van der Waals surface area contributed by atoms with E-state index >= 15 is 0 Å². The minimum absolute atomic E-state index is 0.122. The third-order valence-electron chi connectivity index (χ3n) is 3.53. The van der Waals surface area contributed by atoms with Gasteiger partial charge in [-0.2, -0.15) is 0 Å². The van der Waals surface area contributed by atoms with Gasteiger partial charge in [-0.15, -0.1) is 11.8 Å². The molecular formula is C16H26N2OS. The predicted molar refractivity (Wildman–Crippen MR) is 87.2 cm³/mol. The normalized spacial score (nSPS) is 12.4. The van der Waals surface area contributed by atoms with Crippen LogP contribution in [0.5, 0.6) is 0 Å². The fraction of sp³-hybridized carbons (Fsp3) is 0.562. The first-order valence-electron chi connectivity index (χ1n) is 7.30. The summed E-state index contributed by atoms with van der Waals surface area (Å²) in [6, 6.07) is 9.05. The Morgan fingerprint density at radius 1 is 1.20 bits per heavy atom. The zero-order valence-electron chi connectivity index (χ0n) is 12.9. The van der Waals surface area contributed by atoms with Crippen LogP contribution >= 0.6 is 11.8 Å². The van der Waals surface area contributed by atoms with Gasteiger partial charge < -0.3 is 10.6 Å². The maximum absolute atomic E-state index is 11.8. The maximum Gasteiger partial charge on any atom is 0.230 e. The van der Waals surface area contributed by atoms with Crippen LogP contribution in [0, 0.1) is 0 Å². The molecule has 2 N–H and O–H groups in total. The molecule has 3 nitrogen and oxygen atoms in total. The van der Waals surface area contributed by atoms with Crippen LogP contribution in [0.4, 0.5) is 0 Å². The summed E-state index contributed by atoms with van der Waals surface area (Å²) in [6.07, 6.45) is 1.98. The van der Waals surface area contributed by atoms with Crippen LogP contribution in [0.15, 0.2) is 29.2 Å². The molecule has 0 fully saturated rings. The molecule has 0 aliphatic carbocycles. The van der Waals surface area contributed by atoms with E-state index in [4.69, 9.17) is 0 Å². The maximum atomic E-state index is 11.8. The Bertz CT molecular complexity index is 401. The minimum Gasteiger partial charge on any atom is -0.353 e. The van der Waals surface area contributed by atoms with Gasteiger partial charge in [-0.3, -0.25) is 4.79 Å². The van der Waals surface area contributed by atoms with Gasteiger partial charge in [0, 0.05) is 17.0 Å². The molecule has 1 amide bonds. The Labute approximate surface area is 126 Å². The van der Waals surface area contributed by atoms with Crippen LogP contribution in [-0.4, -0.2) is 24.7 Å². The highest BCUT2D eigenvalue weighted by atomic mass is 32.2. The summed E-state index contributed by atoms with van der Waals surface area (Å²) in [5.74, 6) is 0.605. The van der Waals surface area contributed by atoms with Gasteiger partial charge in [-0.25, -0.2) is 0 Å². The SMILES string of the molecule is CCC(CC)NC(=O)CSc1ccc(C(C)NC)cc1. The summed E-state index contributed by atoms with van der Waals surface area (Å²) in [4.78, 5) is 13.0. The van der Waals surface area contributed by atoms with E-state index in [1.165, 1.54) is 5.56 Å². The largest absolute Gasteiger partial charge is 0.353 e. The second kappa shape index (κ2) is 9.03. The predicted octanol–water partition coefficient (Wildman–Crippen LogP) is 3.36. The molecular weight excluding hydrogens is 268 g/mol. The standard InChI is InChI=1S/C16H26N2OS/c1-5-14(6-2)18-16(19)11-20-15-9-7-13(8-10-15)12(3)17-4/h7-10,12,14,17H,5-6,11H2,1-4H3,(H,18,19). The van der Waals surface area contributed by atoms with Crippen LogP contribution in [0.25, 0.3) is 0 Å². The van der Waals surface area contributed by atoms with E-state index in [0.29, 0.717) is 17.8 Å². The molecule has 1 aromatic rings. The molecule has 1 rings (SSSR count). The highest BCUT2D eigenvalue weighted by Gasteiger charge is 2.09. The molecule has 20 heavy (non-hydrogen) atoms. The average molecular weight is 294 g/mol. The number of hydrogen-bond acceptors (Lipinski definition) is 3. The van der Waals surface area contributed by atoms with E-state index in [2.05, 4.69) is 55.7 Å². The molecule has 0 aliphatic rings. The lowest BCUT2D eigenvalue weighted by Crippen LogP contribution is -2.34. The molecule has 112 valence electrons. The van der Waals surface area contributed by atoms with Crippen molar-refractivity contribution in [2.75, 3.05) is 12.8 Å². The van der Waals surface area contributed by atoms with Gasteiger partial charge in [0.2, 0.25) is 5.91 Å². The van der Waals surface area contributed by atoms with Crippen molar-refractivity contribution in [1.29, 1.82) is 0 Å². The number of carbonyl (C=O) groups excluding carboxylic acids is 1. The van der Waals surface area contributed by atoms with Gasteiger partial charge in [0.1, 0.15) is 0 Å². The monoisotopic (exact) mass is 294 g/mol. The zero-order valence-corrected chi connectivity index (χ0v) is 13.7. The average Bonchev–Trinajstić information content (AvgIpc) is 2.50. The summed E-state index contributed by atoms with van der Waals surface area (Å²) in [6.45, 7) is 6.33. The molecule has 1 unspecified atom stereocenters. The van der Waals surface area contributed by atoms with E-state index in [1.807, 2.05) is 7.05 Å². The molecule has 0 spiro atoms. The Balaban J connectivity index is 2.43. The smallest absolute Gasteiger partial charge is 0.230 e. The van der Waals surface area contributed by atoms with Crippen molar-refractivity contribution in [3.8, 4) is 0 Å². The number of thioether (sulfide) groups is 1. The highest BCUT2D eigenvalue weighted by molar-refractivity contribution is 8.00. The van der Waals surface area contributed by atoms with Crippen LogP contribution in [-0.2, 0) is 4.79 Å². The van der Waals surface area contributed by atoms with Crippen molar-refractivity contribution >= 4 is 17.7 Å². The fourth-order valence-electron chi connectivity index (χ4n) is 1.93. The molecule has 0 saturated heterocycles. The number of amides is 1. The van der Waals surface area contributed by atoms with Gasteiger partial charge >= 0.3 is 0 Å². The highest BCUT2D eigenvalue weighted by Crippen LogP contribution is 2.20. The number of carbonyl (C=O) groups is 1. The summed E-state index contributed by atoms with van der Waals surface area (Å²) >= 11 is 1.59. The third kappa shape index (κ3) is 5.55. The quantitative estimate of drug-likeness (QED) is 0.722. The Morgan fingerprint density at radius 3 is 2.30 bits per heavy atom. The van der Waals surface area contributed by atoms with E-state index in [0.717, 1.165) is 17.7 Å². The molecule has 1 atom stereocenters. The molecule has 0 radical (unpaired) electrons. The van der Waals surface area contributed by atoms with E-state index in [-0.39, 0.29) is 5.91 Å². The van der Waals surface area contributed by atoms with Gasteiger partial charge in [-0.1, -0.05) is 26.0 Å². The van der Waals surface area contributed by atoms with Gasteiger partial charge in [0.15, 0.2) is 0 Å². The van der Waals surface area contributed by atoms with Gasteiger partial charge in [0.05, 0.1) is 5.75 Å². The van der Waals surface area contributed by atoms with Crippen molar-refractivity contribution in [2.45, 2.75) is 50.6 Å². The molecule has 1 aromatic carbocycles. The molecule has 0 aromatic heterocycles. The van der Waals surface area contributed by atoms with Crippen molar-refractivity contribution in [3.05, 3.63) is 29.8 Å². The summed E-state index contributed by atoms with van der Waals surface area (Å²) in [7, 11) is 1.95.